The van der Waals surface area contributed by atoms with Crippen molar-refractivity contribution >= 4 is 21.5 Å². The van der Waals surface area contributed by atoms with Gasteiger partial charge in [-0.05, 0) is 24.3 Å². The standard InChI is InChI=1S/C15H20N4O2S/c1-3-19(4-2)22(20,21)14-10-11-15(16-12-14)18-17-13-8-6-5-7-9-13/h5-12,17H,3-4H2,1-2H3,(H,16,18). The molecular formula is C15H20N4O2S. The number of para-hydroxylation sites is 1. The second-order valence-corrected chi connectivity index (χ2v) is 6.52. The smallest absolute Gasteiger partial charge is 0.244 e. The Morgan fingerprint density at radius 3 is 2.23 bits per heavy atom. The Balaban J connectivity index is 2.07. The number of hydrogen-bond acceptors (Lipinski definition) is 5. The van der Waals surface area contributed by atoms with E-state index < -0.39 is 10.0 Å². The molecule has 0 unspecified atom stereocenters. The first-order valence-electron chi connectivity index (χ1n) is 7.11. The van der Waals surface area contributed by atoms with Crippen molar-refractivity contribution in [1.29, 1.82) is 0 Å². The Labute approximate surface area is 131 Å². The Hall–Kier alpha value is -2.12. The minimum atomic E-state index is -3.46. The molecule has 0 saturated carbocycles. The molecule has 22 heavy (non-hydrogen) atoms. The van der Waals surface area contributed by atoms with E-state index in [0.29, 0.717) is 18.9 Å². The van der Waals surface area contributed by atoms with Crippen LogP contribution in [0.5, 0.6) is 0 Å². The zero-order chi connectivity index (χ0) is 16.0. The normalized spacial score (nSPS) is 11.4. The Kier molecular flexibility index (Phi) is 5.35. The third-order valence-electron chi connectivity index (χ3n) is 3.19. The molecular weight excluding hydrogens is 300 g/mol. The Morgan fingerprint density at radius 1 is 1.00 bits per heavy atom. The van der Waals surface area contributed by atoms with Crippen LogP contribution in [0.15, 0.2) is 53.6 Å². The molecule has 1 heterocycles. The summed E-state index contributed by atoms with van der Waals surface area (Å²) >= 11 is 0. The molecule has 0 atom stereocenters. The van der Waals surface area contributed by atoms with Gasteiger partial charge < -0.3 is 0 Å². The summed E-state index contributed by atoms with van der Waals surface area (Å²) in [5.74, 6) is 0.544. The monoisotopic (exact) mass is 320 g/mol. The lowest BCUT2D eigenvalue weighted by Crippen LogP contribution is -2.30. The molecule has 0 saturated heterocycles. The molecule has 0 fully saturated rings. The van der Waals surface area contributed by atoms with Crippen LogP contribution in [0.4, 0.5) is 11.5 Å². The number of anilines is 2. The first-order valence-corrected chi connectivity index (χ1v) is 8.55. The zero-order valence-electron chi connectivity index (χ0n) is 12.7. The van der Waals surface area contributed by atoms with E-state index >= 15 is 0 Å². The average Bonchev–Trinajstić information content (AvgIpc) is 2.55. The van der Waals surface area contributed by atoms with E-state index in [-0.39, 0.29) is 4.90 Å². The fraction of sp³-hybridized carbons (Fsp3) is 0.267. The summed E-state index contributed by atoms with van der Waals surface area (Å²) in [6.45, 7) is 4.51. The van der Waals surface area contributed by atoms with Gasteiger partial charge in [0.2, 0.25) is 10.0 Å². The molecule has 7 heteroatoms. The van der Waals surface area contributed by atoms with E-state index in [9.17, 15) is 8.42 Å². The predicted octanol–water partition coefficient (Wildman–Crippen LogP) is 2.55. The van der Waals surface area contributed by atoms with Crippen molar-refractivity contribution < 1.29 is 8.42 Å². The summed E-state index contributed by atoms with van der Waals surface area (Å²) in [4.78, 5) is 4.33. The first kappa shape index (κ1) is 16.3. The van der Waals surface area contributed by atoms with E-state index in [2.05, 4.69) is 15.8 Å². The Bertz CT molecular complexity index is 683. The highest BCUT2D eigenvalue weighted by Gasteiger charge is 2.21. The van der Waals surface area contributed by atoms with Gasteiger partial charge in [-0.2, -0.15) is 4.31 Å². The molecule has 2 rings (SSSR count). The highest BCUT2D eigenvalue weighted by atomic mass is 32.2. The van der Waals surface area contributed by atoms with E-state index in [1.54, 1.807) is 12.1 Å². The third kappa shape index (κ3) is 3.75. The number of hydrogen-bond donors (Lipinski definition) is 2. The second kappa shape index (κ2) is 7.24. The van der Waals surface area contributed by atoms with Crippen LogP contribution >= 0.6 is 0 Å². The summed E-state index contributed by atoms with van der Waals surface area (Å²) in [7, 11) is -3.46. The molecule has 0 amide bonds. The number of sulfonamides is 1. The highest BCUT2D eigenvalue weighted by Crippen LogP contribution is 2.16. The minimum Gasteiger partial charge on any atom is -0.300 e. The molecule has 1 aromatic heterocycles. The quantitative estimate of drug-likeness (QED) is 0.767. The van der Waals surface area contributed by atoms with E-state index in [1.807, 2.05) is 44.2 Å². The highest BCUT2D eigenvalue weighted by molar-refractivity contribution is 7.89. The summed E-state index contributed by atoms with van der Waals surface area (Å²) in [5, 5.41) is 0. The van der Waals surface area contributed by atoms with Crippen LogP contribution in [0.3, 0.4) is 0 Å². The molecule has 6 nitrogen and oxygen atoms in total. The van der Waals surface area contributed by atoms with Crippen molar-refractivity contribution in [1.82, 2.24) is 9.29 Å². The molecule has 0 bridgehead atoms. The van der Waals surface area contributed by atoms with Gasteiger partial charge in [0.1, 0.15) is 10.7 Å². The minimum absolute atomic E-state index is 0.196. The van der Waals surface area contributed by atoms with Crippen molar-refractivity contribution in [2.45, 2.75) is 18.7 Å². The maximum atomic E-state index is 12.3. The summed E-state index contributed by atoms with van der Waals surface area (Å²) in [6.07, 6.45) is 1.36. The van der Waals surface area contributed by atoms with Gasteiger partial charge in [-0.25, -0.2) is 13.4 Å². The van der Waals surface area contributed by atoms with Gasteiger partial charge in [0.05, 0.1) is 5.69 Å². The largest absolute Gasteiger partial charge is 0.300 e. The fourth-order valence-corrected chi connectivity index (χ4v) is 3.38. The maximum Gasteiger partial charge on any atom is 0.244 e. The molecule has 1 aromatic carbocycles. The molecule has 0 aliphatic carbocycles. The van der Waals surface area contributed by atoms with Crippen molar-refractivity contribution in [3.05, 3.63) is 48.7 Å². The van der Waals surface area contributed by atoms with Gasteiger partial charge in [-0.1, -0.05) is 32.0 Å². The van der Waals surface area contributed by atoms with Crippen LogP contribution in [0, 0.1) is 0 Å². The number of nitrogens with one attached hydrogen (secondary N) is 2. The number of nitrogens with zero attached hydrogens (tertiary/aromatic N) is 2. The van der Waals surface area contributed by atoms with Crippen LogP contribution in [0.25, 0.3) is 0 Å². The van der Waals surface area contributed by atoms with Crippen LogP contribution in [-0.2, 0) is 10.0 Å². The van der Waals surface area contributed by atoms with Gasteiger partial charge in [0.15, 0.2) is 0 Å². The van der Waals surface area contributed by atoms with Crippen LogP contribution < -0.4 is 10.9 Å². The molecule has 0 aliphatic heterocycles. The lowest BCUT2D eigenvalue weighted by atomic mass is 10.3. The van der Waals surface area contributed by atoms with Crippen molar-refractivity contribution in [3.8, 4) is 0 Å². The lowest BCUT2D eigenvalue weighted by molar-refractivity contribution is 0.445. The SMILES string of the molecule is CCN(CC)S(=O)(=O)c1ccc(NNc2ccccc2)nc1. The third-order valence-corrected chi connectivity index (χ3v) is 5.22. The van der Waals surface area contributed by atoms with E-state index in [0.717, 1.165) is 5.69 Å². The van der Waals surface area contributed by atoms with Crippen molar-refractivity contribution in [2.75, 3.05) is 23.9 Å². The molecule has 0 aliphatic rings. The van der Waals surface area contributed by atoms with E-state index in [1.165, 1.54) is 10.5 Å². The number of hydrazine groups is 1. The van der Waals surface area contributed by atoms with Gasteiger partial charge in [0, 0.05) is 19.3 Å². The number of pyridine rings is 1. The molecule has 118 valence electrons. The molecule has 0 radical (unpaired) electrons. The van der Waals surface area contributed by atoms with Crippen LogP contribution in [0.2, 0.25) is 0 Å². The van der Waals surface area contributed by atoms with Crippen LogP contribution in [0.1, 0.15) is 13.8 Å². The molecule has 2 aromatic rings. The molecule has 2 N–H and O–H groups in total. The number of aromatic nitrogens is 1. The maximum absolute atomic E-state index is 12.3. The lowest BCUT2D eigenvalue weighted by Gasteiger charge is -2.18. The van der Waals surface area contributed by atoms with Gasteiger partial charge in [-0.3, -0.25) is 10.9 Å². The molecule has 0 spiro atoms. The fourth-order valence-electron chi connectivity index (χ4n) is 1.98. The van der Waals surface area contributed by atoms with Crippen molar-refractivity contribution in [2.24, 2.45) is 0 Å². The zero-order valence-corrected chi connectivity index (χ0v) is 13.5. The summed E-state index contributed by atoms with van der Waals surface area (Å²) in [6, 6.07) is 12.8. The number of rotatable bonds is 7. The topological polar surface area (TPSA) is 74.3 Å². The average molecular weight is 320 g/mol. The van der Waals surface area contributed by atoms with Crippen molar-refractivity contribution in [3.63, 3.8) is 0 Å². The van der Waals surface area contributed by atoms with Gasteiger partial charge in [0.25, 0.3) is 0 Å². The van der Waals surface area contributed by atoms with Gasteiger partial charge in [-0.15, -0.1) is 0 Å². The predicted molar refractivity (Wildman–Crippen MR) is 88.0 cm³/mol. The van der Waals surface area contributed by atoms with E-state index in [4.69, 9.17) is 0 Å². The second-order valence-electron chi connectivity index (χ2n) is 4.58. The van der Waals surface area contributed by atoms with Gasteiger partial charge >= 0.3 is 0 Å². The summed E-state index contributed by atoms with van der Waals surface area (Å²) < 4.78 is 26.1. The Morgan fingerprint density at radius 2 is 1.68 bits per heavy atom. The van der Waals surface area contributed by atoms with Crippen LogP contribution in [-0.4, -0.2) is 30.8 Å². The number of benzene rings is 1. The first-order chi connectivity index (χ1) is 10.6. The summed E-state index contributed by atoms with van der Waals surface area (Å²) in [5.41, 5.74) is 6.81.